The predicted octanol–water partition coefficient (Wildman–Crippen LogP) is 2.35. The monoisotopic (exact) mass is 291 g/mol. The number of carbonyl (C=O) groups excluding carboxylic acids is 1. The molecule has 4 heteroatoms. The second kappa shape index (κ2) is 8.15. The minimum atomic E-state index is 0.0285. The number of para-hydroxylation sites is 1. The molecule has 2 N–H and O–H groups in total. The maximum Gasteiger partial charge on any atom is 0.240 e. The standard InChI is InChI=1S/C17H29N3O/c1-5-11-20(14-17(2,3)13-18)12-16(21)19(4)15-9-7-6-8-10-15/h6-10H,5,11-14,18H2,1-4H3. The van der Waals surface area contributed by atoms with E-state index in [9.17, 15) is 4.79 Å². The van der Waals surface area contributed by atoms with Crippen LogP contribution >= 0.6 is 0 Å². The molecule has 1 amide bonds. The van der Waals surface area contributed by atoms with Gasteiger partial charge in [0.15, 0.2) is 0 Å². The van der Waals surface area contributed by atoms with Gasteiger partial charge in [0.1, 0.15) is 0 Å². The number of benzene rings is 1. The lowest BCUT2D eigenvalue weighted by Gasteiger charge is -2.32. The molecule has 0 aliphatic rings. The lowest BCUT2D eigenvalue weighted by Crippen LogP contribution is -2.44. The Morgan fingerprint density at radius 3 is 2.38 bits per heavy atom. The van der Waals surface area contributed by atoms with Gasteiger partial charge in [-0.1, -0.05) is 39.0 Å². The lowest BCUT2D eigenvalue weighted by atomic mass is 9.93. The summed E-state index contributed by atoms with van der Waals surface area (Å²) in [7, 11) is 1.83. The summed E-state index contributed by atoms with van der Waals surface area (Å²) in [5.74, 6) is 0.113. The zero-order valence-corrected chi connectivity index (χ0v) is 13.8. The number of carbonyl (C=O) groups is 1. The summed E-state index contributed by atoms with van der Waals surface area (Å²) < 4.78 is 0. The molecule has 0 saturated heterocycles. The molecule has 0 fully saturated rings. The molecule has 0 aliphatic carbocycles. The number of nitrogens with two attached hydrogens (primary N) is 1. The van der Waals surface area contributed by atoms with Crippen molar-refractivity contribution in [3.63, 3.8) is 0 Å². The minimum absolute atomic E-state index is 0.0285. The van der Waals surface area contributed by atoms with E-state index in [1.807, 2.05) is 37.4 Å². The summed E-state index contributed by atoms with van der Waals surface area (Å²) in [6.07, 6.45) is 1.03. The van der Waals surface area contributed by atoms with Crippen LogP contribution in [0.3, 0.4) is 0 Å². The highest BCUT2D eigenvalue weighted by molar-refractivity contribution is 5.94. The van der Waals surface area contributed by atoms with Crippen LogP contribution < -0.4 is 10.6 Å². The average molecular weight is 291 g/mol. The molecule has 0 spiro atoms. The second-order valence-corrected chi connectivity index (χ2v) is 6.37. The van der Waals surface area contributed by atoms with E-state index in [2.05, 4.69) is 25.7 Å². The fraction of sp³-hybridized carbons (Fsp3) is 0.588. The molecule has 4 nitrogen and oxygen atoms in total. The zero-order valence-electron chi connectivity index (χ0n) is 13.8. The van der Waals surface area contributed by atoms with E-state index in [-0.39, 0.29) is 11.3 Å². The first kappa shape index (κ1) is 17.7. The number of rotatable bonds is 8. The highest BCUT2D eigenvalue weighted by Crippen LogP contribution is 2.16. The number of hydrogen-bond donors (Lipinski definition) is 1. The number of amides is 1. The van der Waals surface area contributed by atoms with Crippen molar-refractivity contribution in [2.24, 2.45) is 11.1 Å². The normalized spacial score (nSPS) is 11.7. The quantitative estimate of drug-likeness (QED) is 0.800. The highest BCUT2D eigenvalue weighted by atomic mass is 16.2. The van der Waals surface area contributed by atoms with E-state index in [0.29, 0.717) is 13.1 Å². The SMILES string of the molecule is CCCN(CC(=O)N(C)c1ccccc1)CC(C)(C)CN. The Hall–Kier alpha value is -1.39. The van der Waals surface area contributed by atoms with Crippen LogP contribution in [0.4, 0.5) is 5.69 Å². The van der Waals surface area contributed by atoms with Gasteiger partial charge in [-0.3, -0.25) is 9.69 Å². The first-order chi connectivity index (χ1) is 9.89. The molecule has 0 radical (unpaired) electrons. The predicted molar refractivity (Wildman–Crippen MR) is 89.4 cm³/mol. The molecule has 0 aromatic heterocycles. The first-order valence-corrected chi connectivity index (χ1v) is 7.63. The van der Waals surface area contributed by atoms with Crippen molar-refractivity contribution in [3.8, 4) is 0 Å². The van der Waals surface area contributed by atoms with E-state index in [4.69, 9.17) is 5.73 Å². The minimum Gasteiger partial charge on any atom is -0.330 e. The molecular weight excluding hydrogens is 262 g/mol. The number of nitrogens with zero attached hydrogens (tertiary/aromatic N) is 2. The van der Waals surface area contributed by atoms with Crippen molar-refractivity contribution in [2.45, 2.75) is 27.2 Å². The van der Waals surface area contributed by atoms with Gasteiger partial charge >= 0.3 is 0 Å². The lowest BCUT2D eigenvalue weighted by molar-refractivity contribution is -0.119. The van der Waals surface area contributed by atoms with Gasteiger partial charge in [-0.15, -0.1) is 0 Å². The van der Waals surface area contributed by atoms with Crippen LogP contribution in [0.1, 0.15) is 27.2 Å². The molecule has 1 aromatic rings. The molecule has 1 rings (SSSR count). The number of likely N-dealkylation sites (N-methyl/N-ethyl adjacent to an activating group) is 1. The summed E-state index contributed by atoms with van der Waals surface area (Å²) in [5, 5.41) is 0. The molecule has 0 aliphatic heterocycles. The van der Waals surface area contributed by atoms with Crippen LogP contribution in [0.25, 0.3) is 0 Å². The van der Waals surface area contributed by atoms with Crippen molar-refractivity contribution in [1.29, 1.82) is 0 Å². The molecule has 0 unspecified atom stereocenters. The Kier molecular flexibility index (Phi) is 6.85. The van der Waals surface area contributed by atoms with E-state index in [0.717, 1.165) is 25.2 Å². The second-order valence-electron chi connectivity index (χ2n) is 6.37. The van der Waals surface area contributed by atoms with Gasteiger partial charge in [-0.25, -0.2) is 0 Å². The highest BCUT2D eigenvalue weighted by Gasteiger charge is 2.22. The van der Waals surface area contributed by atoms with Gasteiger partial charge < -0.3 is 10.6 Å². The van der Waals surface area contributed by atoms with Gasteiger partial charge in [0.25, 0.3) is 0 Å². The van der Waals surface area contributed by atoms with E-state index >= 15 is 0 Å². The first-order valence-electron chi connectivity index (χ1n) is 7.63. The number of anilines is 1. The largest absolute Gasteiger partial charge is 0.330 e. The summed E-state index contributed by atoms with van der Waals surface area (Å²) in [5.41, 5.74) is 6.77. The van der Waals surface area contributed by atoms with Crippen LogP contribution in [0, 0.1) is 5.41 Å². The number of hydrogen-bond acceptors (Lipinski definition) is 3. The Bertz CT molecular complexity index is 431. The summed E-state index contributed by atoms with van der Waals surface area (Å²) in [6.45, 7) is 9.22. The van der Waals surface area contributed by atoms with E-state index in [1.165, 1.54) is 0 Å². The van der Waals surface area contributed by atoms with Crippen molar-refractivity contribution >= 4 is 11.6 Å². The van der Waals surface area contributed by atoms with Gasteiger partial charge in [0, 0.05) is 19.3 Å². The van der Waals surface area contributed by atoms with Crippen LogP contribution in [-0.2, 0) is 4.79 Å². The Morgan fingerprint density at radius 1 is 1.24 bits per heavy atom. The third kappa shape index (κ3) is 5.86. The van der Waals surface area contributed by atoms with Crippen molar-refractivity contribution in [2.75, 3.05) is 38.1 Å². The van der Waals surface area contributed by atoms with Gasteiger partial charge in [0.05, 0.1) is 6.54 Å². The summed E-state index contributed by atoms with van der Waals surface area (Å²) >= 11 is 0. The van der Waals surface area contributed by atoms with Crippen molar-refractivity contribution in [3.05, 3.63) is 30.3 Å². The van der Waals surface area contributed by atoms with Crippen LogP contribution in [0.5, 0.6) is 0 Å². The van der Waals surface area contributed by atoms with Gasteiger partial charge in [-0.05, 0) is 37.1 Å². The fourth-order valence-corrected chi connectivity index (χ4v) is 2.29. The van der Waals surface area contributed by atoms with Crippen LogP contribution in [0.2, 0.25) is 0 Å². The third-order valence-electron chi connectivity index (χ3n) is 3.62. The Balaban J connectivity index is 2.68. The molecule has 0 bridgehead atoms. The van der Waals surface area contributed by atoms with Crippen LogP contribution in [-0.4, -0.2) is 44.0 Å². The summed E-state index contributed by atoms with van der Waals surface area (Å²) in [4.78, 5) is 16.4. The van der Waals surface area contributed by atoms with E-state index in [1.54, 1.807) is 4.90 Å². The van der Waals surface area contributed by atoms with Crippen LogP contribution in [0.15, 0.2) is 30.3 Å². The summed E-state index contributed by atoms with van der Waals surface area (Å²) in [6, 6.07) is 9.74. The maximum atomic E-state index is 12.5. The van der Waals surface area contributed by atoms with E-state index < -0.39 is 0 Å². The third-order valence-corrected chi connectivity index (χ3v) is 3.62. The Labute approximate surface area is 128 Å². The fourth-order valence-electron chi connectivity index (χ4n) is 2.29. The Morgan fingerprint density at radius 2 is 1.86 bits per heavy atom. The molecule has 0 saturated carbocycles. The van der Waals surface area contributed by atoms with Gasteiger partial charge in [0.2, 0.25) is 5.91 Å². The maximum absolute atomic E-state index is 12.5. The molecule has 21 heavy (non-hydrogen) atoms. The molecule has 118 valence electrons. The smallest absolute Gasteiger partial charge is 0.240 e. The van der Waals surface area contributed by atoms with Gasteiger partial charge in [-0.2, -0.15) is 0 Å². The zero-order chi connectivity index (χ0) is 15.9. The van der Waals surface area contributed by atoms with Crippen molar-refractivity contribution in [1.82, 2.24) is 4.90 Å². The molecule has 0 heterocycles. The molecule has 0 atom stereocenters. The molecular formula is C17H29N3O. The molecule has 1 aromatic carbocycles. The average Bonchev–Trinajstić information content (AvgIpc) is 2.47. The topological polar surface area (TPSA) is 49.6 Å². The van der Waals surface area contributed by atoms with Crippen molar-refractivity contribution < 1.29 is 4.79 Å².